The second-order valence-corrected chi connectivity index (χ2v) is 18.4. The maximum atomic E-state index is 16.9. The SMILES string of the molecule is CCCCCC[C@H]1OC2CNC3[C@@H]([C@H](C)O)NC4[C@H](CN)NC5C(C6CC7CCC6C7)NC6[C@H](CCC)N(C)C(C(CC)C56C(=O)C243)[C@H]1C. The number of rotatable bonds is 11. The molecule has 2 saturated carbocycles. The van der Waals surface area contributed by atoms with E-state index in [-0.39, 0.29) is 72.5 Å². The van der Waals surface area contributed by atoms with Crippen LogP contribution in [-0.4, -0.2) is 109 Å². The first-order valence-corrected chi connectivity index (χ1v) is 21.0. The van der Waals surface area contributed by atoms with Gasteiger partial charge >= 0.3 is 0 Å². The summed E-state index contributed by atoms with van der Waals surface area (Å²) >= 11 is 0. The molecule has 8 aliphatic rings. The van der Waals surface area contributed by atoms with Crippen LogP contribution < -0.4 is 27.0 Å². The minimum absolute atomic E-state index is 0.0328. The highest BCUT2D eigenvalue weighted by Gasteiger charge is 2.81. The van der Waals surface area contributed by atoms with Crippen LogP contribution in [0.15, 0.2) is 0 Å². The molecule has 8 rings (SSSR count). The number of unbranched alkanes of at least 4 members (excludes halogenated alkanes) is 3. The lowest BCUT2D eigenvalue weighted by atomic mass is 9.49. The maximum Gasteiger partial charge on any atom is 0.154 e. The maximum absolute atomic E-state index is 16.9. The average molecular weight is 683 g/mol. The summed E-state index contributed by atoms with van der Waals surface area (Å²) in [6.45, 7) is 12.5. The lowest BCUT2D eigenvalue weighted by Gasteiger charge is -2.60. The van der Waals surface area contributed by atoms with Gasteiger partial charge in [0.25, 0.3) is 0 Å². The molecule has 2 aliphatic carbocycles. The summed E-state index contributed by atoms with van der Waals surface area (Å²) in [5.41, 5.74) is 5.45. The van der Waals surface area contributed by atoms with Gasteiger partial charge in [-0.1, -0.05) is 72.6 Å². The first kappa shape index (κ1) is 35.4. The van der Waals surface area contributed by atoms with Gasteiger partial charge in [-0.2, -0.15) is 0 Å². The van der Waals surface area contributed by atoms with E-state index in [2.05, 4.69) is 60.9 Å². The molecule has 5 bridgehead atoms. The second-order valence-electron chi connectivity index (χ2n) is 18.4. The van der Waals surface area contributed by atoms with Gasteiger partial charge in [-0.25, -0.2) is 0 Å². The van der Waals surface area contributed by atoms with E-state index in [0.29, 0.717) is 30.7 Å². The zero-order chi connectivity index (χ0) is 34.4. The summed E-state index contributed by atoms with van der Waals surface area (Å²) in [5.74, 6) is 3.11. The zero-order valence-electron chi connectivity index (χ0n) is 31.5. The Bertz CT molecular complexity index is 1220. The van der Waals surface area contributed by atoms with Gasteiger partial charge in [0.2, 0.25) is 0 Å². The van der Waals surface area contributed by atoms with Gasteiger partial charge in [0.1, 0.15) is 0 Å². The first-order chi connectivity index (χ1) is 23.7. The van der Waals surface area contributed by atoms with E-state index in [0.717, 1.165) is 43.9 Å². The molecule has 6 heterocycles. The normalized spacial score (nSPS) is 53.7. The molecule has 13 unspecified atom stereocenters. The molecule has 6 saturated heterocycles. The van der Waals surface area contributed by atoms with Gasteiger partial charge in [0, 0.05) is 67.5 Å². The molecule has 0 aromatic heterocycles. The fourth-order valence-corrected chi connectivity index (χ4v) is 14.7. The zero-order valence-corrected chi connectivity index (χ0v) is 31.5. The molecule has 6 aliphatic heterocycles. The minimum atomic E-state index is -0.812. The Morgan fingerprint density at radius 1 is 0.980 bits per heavy atom. The van der Waals surface area contributed by atoms with E-state index in [9.17, 15) is 5.11 Å². The largest absolute Gasteiger partial charge is 0.392 e. The number of ketones is 1. The van der Waals surface area contributed by atoms with Crippen molar-refractivity contribution >= 4 is 5.78 Å². The van der Waals surface area contributed by atoms with Gasteiger partial charge < -0.3 is 36.8 Å². The molecule has 0 radical (unpaired) electrons. The molecule has 9 nitrogen and oxygen atoms in total. The number of aliphatic hydroxyl groups excluding tert-OH is 1. The number of likely N-dealkylation sites (N-methyl/N-ethyl adjacent to an activating group) is 1. The molecule has 9 heteroatoms. The van der Waals surface area contributed by atoms with E-state index >= 15 is 4.79 Å². The van der Waals surface area contributed by atoms with Crippen LogP contribution in [-0.2, 0) is 9.53 Å². The number of piperidine rings is 1. The summed E-state index contributed by atoms with van der Waals surface area (Å²) in [6, 6.07) is 0.149. The van der Waals surface area contributed by atoms with Crippen LogP contribution >= 0.6 is 0 Å². The van der Waals surface area contributed by atoms with Crippen molar-refractivity contribution in [3.05, 3.63) is 0 Å². The molecule has 19 atom stereocenters. The fraction of sp³-hybridized carbons (Fsp3) is 0.975. The van der Waals surface area contributed by atoms with E-state index in [4.69, 9.17) is 10.5 Å². The summed E-state index contributed by atoms with van der Waals surface area (Å²) in [6.07, 6.45) is 13.6. The first-order valence-electron chi connectivity index (χ1n) is 21.0. The van der Waals surface area contributed by atoms with Crippen molar-refractivity contribution in [2.45, 2.75) is 184 Å². The van der Waals surface area contributed by atoms with Gasteiger partial charge in [-0.15, -0.1) is 0 Å². The van der Waals surface area contributed by atoms with Crippen molar-refractivity contribution in [2.24, 2.45) is 46.2 Å². The van der Waals surface area contributed by atoms with Crippen LogP contribution in [0.1, 0.15) is 112 Å². The number of likely N-dealkylation sites (tertiary alicyclic amines) is 1. The Hall–Kier alpha value is -0.650. The van der Waals surface area contributed by atoms with E-state index < -0.39 is 16.9 Å². The number of Topliss-reactive ketones (excluding diaryl/α,β-unsaturated/α-hetero) is 1. The summed E-state index contributed by atoms with van der Waals surface area (Å²) in [4.78, 5) is 19.7. The summed E-state index contributed by atoms with van der Waals surface area (Å²) in [5, 5.41) is 27.9. The Morgan fingerprint density at radius 3 is 2.45 bits per heavy atom. The number of nitrogens with zero attached hydrogens (tertiary/aromatic N) is 1. The molecule has 8 fully saturated rings. The molecular formula is C40H70N6O3. The Morgan fingerprint density at radius 2 is 1.80 bits per heavy atom. The number of carbonyl (C=O) groups excluding carboxylic acids is 1. The lowest BCUT2D eigenvalue weighted by Crippen LogP contribution is -2.74. The van der Waals surface area contributed by atoms with Crippen LogP contribution in [0.25, 0.3) is 0 Å². The predicted molar refractivity (Wildman–Crippen MR) is 194 cm³/mol. The molecule has 2 spiro atoms. The minimum Gasteiger partial charge on any atom is -0.392 e. The third-order valence-electron chi connectivity index (χ3n) is 16.4. The smallest absolute Gasteiger partial charge is 0.154 e. The van der Waals surface area contributed by atoms with Gasteiger partial charge in [-0.05, 0) is 75.7 Å². The second kappa shape index (κ2) is 13.3. The van der Waals surface area contributed by atoms with Crippen LogP contribution in [0.5, 0.6) is 0 Å². The predicted octanol–water partition coefficient (Wildman–Crippen LogP) is 3.18. The number of fused-ring (bicyclic) bond motifs is 3. The van der Waals surface area contributed by atoms with Gasteiger partial charge in [0.15, 0.2) is 5.78 Å². The standard InChI is InChI=1S/C40H70N6O3/c1-7-10-11-12-14-29-21(4)33-26(9-3)39-35(28(13-8-2)46(33)6)45-32(25-18-23-15-16-24(25)17-23)37(39)43-27(19-41)34-40(38(39)48)30(49-29)20-42-36(40)31(44-34)22(5)47/h21-37,42-45,47H,7-20,41H2,1-6H3/t21-,22-,23?,24?,25?,26?,27-,28-,29+,30?,31+,32?,33?,34?,35?,36?,37?,39?,40?/m0/s1. The molecule has 278 valence electrons. The number of ether oxygens (including phenoxy) is 1. The van der Waals surface area contributed by atoms with Crippen molar-refractivity contribution in [2.75, 3.05) is 20.1 Å². The van der Waals surface area contributed by atoms with E-state index in [1.165, 1.54) is 44.9 Å². The van der Waals surface area contributed by atoms with Crippen molar-refractivity contribution in [1.29, 1.82) is 0 Å². The highest BCUT2D eigenvalue weighted by molar-refractivity contribution is 5.97. The summed E-state index contributed by atoms with van der Waals surface area (Å²) in [7, 11) is 2.40. The van der Waals surface area contributed by atoms with Crippen molar-refractivity contribution in [3.8, 4) is 0 Å². The Kier molecular flexibility index (Phi) is 9.63. The number of nitrogens with two attached hydrogens (primary N) is 1. The Balaban J connectivity index is 1.36. The fourth-order valence-electron chi connectivity index (χ4n) is 14.7. The van der Waals surface area contributed by atoms with Crippen LogP contribution in [0.2, 0.25) is 0 Å². The highest BCUT2D eigenvalue weighted by Crippen LogP contribution is 2.64. The number of nitrogens with one attached hydrogen (secondary N) is 4. The van der Waals surface area contributed by atoms with Gasteiger partial charge in [-0.3, -0.25) is 9.69 Å². The average Bonchev–Trinajstić information content (AvgIpc) is 3.91. The van der Waals surface area contributed by atoms with Crippen LogP contribution in [0.3, 0.4) is 0 Å². The number of carbonyl (C=O) groups is 1. The lowest BCUT2D eigenvalue weighted by molar-refractivity contribution is -0.159. The quantitative estimate of drug-likeness (QED) is 0.183. The highest BCUT2D eigenvalue weighted by atomic mass is 16.5. The number of hydrogen-bond acceptors (Lipinski definition) is 9. The molecule has 0 aromatic carbocycles. The van der Waals surface area contributed by atoms with Crippen molar-refractivity contribution in [3.63, 3.8) is 0 Å². The van der Waals surface area contributed by atoms with E-state index in [1.54, 1.807) is 0 Å². The molecular weight excluding hydrogens is 612 g/mol. The van der Waals surface area contributed by atoms with Crippen molar-refractivity contribution < 1.29 is 14.6 Å². The molecule has 7 N–H and O–H groups in total. The topological polar surface area (TPSA) is 124 Å². The number of aliphatic hydroxyl groups is 1. The third kappa shape index (κ3) is 4.81. The van der Waals surface area contributed by atoms with Gasteiger partial charge in [0.05, 0.1) is 29.1 Å². The van der Waals surface area contributed by atoms with Crippen LogP contribution in [0.4, 0.5) is 0 Å². The van der Waals surface area contributed by atoms with E-state index in [1.807, 2.05) is 6.92 Å². The summed E-state index contributed by atoms with van der Waals surface area (Å²) < 4.78 is 7.57. The van der Waals surface area contributed by atoms with Crippen LogP contribution in [0, 0.1) is 40.4 Å². The molecule has 0 aromatic rings. The molecule has 49 heavy (non-hydrogen) atoms. The molecule has 0 amide bonds. The number of hydrogen-bond donors (Lipinski definition) is 6. The third-order valence-corrected chi connectivity index (χ3v) is 16.4. The monoisotopic (exact) mass is 683 g/mol. The van der Waals surface area contributed by atoms with Crippen molar-refractivity contribution in [1.82, 2.24) is 26.2 Å². The Labute approximate surface area is 296 Å².